The van der Waals surface area contributed by atoms with Gasteiger partial charge >= 0.3 is 5.97 Å². The summed E-state index contributed by atoms with van der Waals surface area (Å²) in [4.78, 5) is 27.5. The molecule has 3 aliphatic rings. The third-order valence-electron chi connectivity index (χ3n) is 5.90. The van der Waals surface area contributed by atoms with Gasteiger partial charge in [-0.05, 0) is 55.6 Å². The molecule has 0 aliphatic carbocycles. The summed E-state index contributed by atoms with van der Waals surface area (Å²) in [5, 5.41) is 5.90. The second-order valence-electron chi connectivity index (χ2n) is 7.76. The number of anilines is 1. The van der Waals surface area contributed by atoms with Crippen LogP contribution in [0.15, 0.2) is 54.6 Å². The molecule has 3 heterocycles. The maximum Gasteiger partial charge on any atom is 0.333 e. The highest BCUT2D eigenvalue weighted by atomic mass is 16.5. The first-order chi connectivity index (χ1) is 14.1. The Hall–Kier alpha value is -2.86. The van der Waals surface area contributed by atoms with Gasteiger partial charge in [0.1, 0.15) is 6.10 Å². The van der Waals surface area contributed by atoms with E-state index in [1.165, 1.54) is 0 Å². The molecule has 0 spiro atoms. The largest absolute Gasteiger partial charge is 0.459 e. The van der Waals surface area contributed by atoms with Gasteiger partial charge in [-0.25, -0.2) is 4.79 Å². The first-order valence-corrected chi connectivity index (χ1v) is 10.2. The number of nitrogens with one attached hydrogen (secondary N) is 2. The Morgan fingerprint density at radius 3 is 2.48 bits per heavy atom. The monoisotopic (exact) mass is 393 g/mol. The van der Waals surface area contributed by atoms with E-state index in [1.807, 2.05) is 36.4 Å². The number of piperidine rings is 3. The van der Waals surface area contributed by atoms with Crippen LogP contribution in [0.4, 0.5) is 5.69 Å². The summed E-state index contributed by atoms with van der Waals surface area (Å²) in [6.45, 7) is 3.03. The van der Waals surface area contributed by atoms with E-state index in [9.17, 15) is 9.59 Å². The van der Waals surface area contributed by atoms with Gasteiger partial charge in [0.15, 0.2) is 6.04 Å². The average molecular weight is 393 g/mol. The zero-order valence-corrected chi connectivity index (χ0v) is 16.6. The average Bonchev–Trinajstić information content (AvgIpc) is 2.78. The number of carbonyl (C=O) groups is 2. The molecule has 0 radical (unpaired) electrons. The van der Waals surface area contributed by atoms with Gasteiger partial charge < -0.3 is 15.4 Å². The fraction of sp³-hybridized carbons (Fsp3) is 0.391. The number of rotatable bonds is 6. The molecular formula is C23H27N3O3. The number of nitrogens with zero attached hydrogens (tertiary/aromatic N) is 1. The summed E-state index contributed by atoms with van der Waals surface area (Å²) in [6.07, 6.45) is 2.14. The van der Waals surface area contributed by atoms with Crippen molar-refractivity contribution in [1.29, 1.82) is 0 Å². The molecule has 3 aliphatic heterocycles. The fourth-order valence-electron chi connectivity index (χ4n) is 4.25. The van der Waals surface area contributed by atoms with Crippen LogP contribution in [0.2, 0.25) is 0 Å². The van der Waals surface area contributed by atoms with E-state index < -0.39 is 6.04 Å². The second-order valence-corrected chi connectivity index (χ2v) is 7.76. The minimum absolute atomic E-state index is 0.0461. The summed E-state index contributed by atoms with van der Waals surface area (Å²) in [5.74, 6) is 0.0111. The van der Waals surface area contributed by atoms with Crippen molar-refractivity contribution in [3.8, 4) is 0 Å². The van der Waals surface area contributed by atoms with Crippen molar-refractivity contribution in [2.45, 2.75) is 25.0 Å². The molecule has 2 bridgehead atoms. The first kappa shape index (κ1) is 19.5. The normalized spacial score (nSPS) is 23.8. The van der Waals surface area contributed by atoms with Gasteiger partial charge in [-0.3, -0.25) is 9.69 Å². The molecular weight excluding hydrogens is 366 g/mol. The van der Waals surface area contributed by atoms with E-state index >= 15 is 0 Å². The lowest BCUT2D eigenvalue weighted by Gasteiger charge is -2.44. The Morgan fingerprint density at radius 1 is 1.07 bits per heavy atom. The zero-order valence-electron chi connectivity index (χ0n) is 16.6. The Balaban J connectivity index is 1.54. The predicted molar refractivity (Wildman–Crippen MR) is 112 cm³/mol. The predicted octanol–water partition coefficient (Wildman–Crippen LogP) is 2.84. The van der Waals surface area contributed by atoms with Crippen LogP contribution in [0.1, 0.15) is 34.8 Å². The molecule has 2 aromatic rings. The highest BCUT2D eigenvalue weighted by Gasteiger charge is 2.37. The molecule has 1 amide bonds. The Labute approximate surface area is 171 Å². The summed E-state index contributed by atoms with van der Waals surface area (Å²) in [7, 11) is 1.60. The number of hydrogen-bond donors (Lipinski definition) is 2. The van der Waals surface area contributed by atoms with E-state index in [4.69, 9.17) is 4.74 Å². The van der Waals surface area contributed by atoms with Crippen LogP contribution in [0.5, 0.6) is 0 Å². The number of carbonyl (C=O) groups excluding carboxylic acids is 2. The van der Waals surface area contributed by atoms with Crippen molar-refractivity contribution < 1.29 is 14.3 Å². The van der Waals surface area contributed by atoms with Crippen LogP contribution in [0, 0.1) is 5.92 Å². The van der Waals surface area contributed by atoms with E-state index in [-0.39, 0.29) is 18.0 Å². The van der Waals surface area contributed by atoms with Gasteiger partial charge in [0.25, 0.3) is 5.91 Å². The standard InChI is InChI=1S/C23H27N3O3/c1-24-22(27)18-8-5-9-19(14-18)25-21(17-6-3-2-4-7-17)23(28)29-20-15-26-12-10-16(20)11-13-26/h2-9,14,16,20-21,25H,10-13,15H2,1H3,(H,24,27)/t20-,21?/m0/s1. The number of fused-ring (bicyclic) bond motifs is 3. The van der Waals surface area contributed by atoms with E-state index in [2.05, 4.69) is 15.5 Å². The summed E-state index contributed by atoms with van der Waals surface area (Å²) >= 11 is 0. The fourth-order valence-corrected chi connectivity index (χ4v) is 4.25. The minimum atomic E-state index is -0.633. The molecule has 2 atom stereocenters. The van der Waals surface area contributed by atoms with Crippen LogP contribution in [0.3, 0.4) is 0 Å². The molecule has 6 nitrogen and oxygen atoms in total. The van der Waals surface area contributed by atoms with Gasteiger partial charge in [-0.2, -0.15) is 0 Å². The van der Waals surface area contributed by atoms with E-state index in [0.717, 1.165) is 38.0 Å². The quantitative estimate of drug-likeness (QED) is 0.739. The molecule has 6 heteroatoms. The smallest absolute Gasteiger partial charge is 0.333 e. The van der Waals surface area contributed by atoms with E-state index in [0.29, 0.717) is 17.2 Å². The van der Waals surface area contributed by atoms with Crippen LogP contribution in [-0.4, -0.2) is 49.6 Å². The van der Waals surface area contributed by atoms with Crippen molar-refractivity contribution in [3.63, 3.8) is 0 Å². The Bertz CT molecular complexity index is 863. The number of esters is 1. The third kappa shape index (κ3) is 4.43. The zero-order chi connectivity index (χ0) is 20.2. The van der Waals surface area contributed by atoms with Crippen molar-refractivity contribution in [1.82, 2.24) is 10.2 Å². The Morgan fingerprint density at radius 2 is 1.83 bits per heavy atom. The maximum atomic E-state index is 13.2. The topological polar surface area (TPSA) is 70.7 Å². The second kappa shape index (κ2) is 8.66. The molecule has 152 valence electrons. The molecule has 0 saturated carbocycles. The first-order valence-electron chi connectivity index (χ1n) is 10.2. The lowest BCUT2D eigenvalue weighted by Crippen LogP contribution is -2.52. The SMILES string of the molecule is CNC(=O)c1cccc(NC(C(=O)O[C@H]2CN3CCC2CC3)c2ccccc2)c1. The number of hydrogen-bond acceptors (Lipinski definition) is 5. The molecule has 3 saturated heterocycles. The molecule has 3 fully saturated rings. The van der Waals surface area contributed by atoms with Gasteiger partial charge in [0.05, 0.1) is 0 Å². The molecule has 1 unspecified atom stereocenters. The molecule has 0 aromatic heterocycles. The summed E-state index contributed by atoms with van der Waals surface area (Å²) < 4.78 is 5.99. The Kier molecular flexibility index (Phi) is 5.81. The van der Waals surface area contributed by atoms with Crippen LogP contribution in [0.25, 0.3) is 0 Å². The van der Waals surface area contributed by atoms with Gasteiger partial charge in [-0.15, -0.1) is 0 Å². The third-order valence-corrected chi connectivity index (χ3v) is 5.90. The van der Waals surface area contributed by atoms with Gasteiger partial charge in [0.2, 0.25) is 0 Å². The van der Waals surface area contributed by atoms with Crippen LogP contribution < -0.4 is 10.6 Å². The van der Waals surface area contributed by atoms with Crippen molar-refractivity contribution >= 4 is 17.6 Å². The number of benzene rings is 2. The molecule has 2 aromatic carbocycles. The lowest BCUT2D eigenvalue weighted by molar-refractivity contribution is -0.159. The van der Waals surface area contributed by atoms with Gasteiger partial charge in [-0.1, -0.05) is 36.4 Å². The highest BCUT2D eigenvalue weighted by Crippen LogP contribution is 2.31. The van der Waals surface area contributed by atoms with Gasteiger partial charge in [0, 0.05) is 24.8 Å². The summed E-state index contributed by atoms with van der Waals surface area (Å²) in [5.41, 5.74) is 2.07. The van der Waals surface area contributed by atoms with Crippen molar-refractivity contribution in [2.24, 2.45) is 5.92 Å². The summed E-state index contributed by atoms with van der Waals surface area (Å²) in [6, 6.07) is 16.1. The minimum Gasteiger partial charge on any atom is -0.459 e. The molecule has 5 rings (SSSR count). The van der Waals surface area contributed by atoms with Crippen LogP contribution in [-0.2, 0) is 9.53 Å². The van der Waals surface area contributed by atoms with E-state index in [1.54, 1.807) is 25.2 Å². The highest BCUT2D eigenvalue weighted by molar-refractivity contribution is 5.95. The van der Waals surface area contributed by atoms with Crippen molar-refractivity contribution in [3.05, 3.63) is 65.7 Å². The molecule has 29 heavy (non-hydrogen) atoms. The lowest BCUT2D eigenvalue weighted by atomic mass is 9.86. The van der Waals surface area contributed by atoms with Crippen LogP contribution >= 0.6 is 0 Å². The number of ether oxygens (including phenoxy) is 1. The molecule has 2 N–H and O–H groups in total. The number of amides is 1. The maximum absolute atomic E-state index is 13.2. The van der Waals surface area contributed by atoms with Crippen molar-refractivity contribution in [2.75, 3.05) is 32.0 Å².